The molecule has 1 unspecified atom stereocenters. The monoisotopic (exact) mass is 277 g/mol. The molecular formula is C16H23NO3. The molecule has 1 heterocycles. The summed E-state index contributed by atoms with van der Waals surface area (Å²) in [5, 5.41) is 10.4. The first-order valence-corrected chi connectivity index (χ1v) is 7.31. The van der Waals surface area contributed by atoms with Gasteiger partial charge in [0, 0.05) is 0 Å². The minimum atomic E-state index is -0.402. The van der Waals surface area contributed by atoms with Crippen LogP contribution in [-0.4, -0.2) is 42.2 Å². The Labute approximate surface area is 120 Å². The van der Waals surface area contributed by atoms with Gasteiger partial charge in [-0.2, -0.15) is 0 Å². The topological polar surface area (TPSA) is 49.8 Å². The van der Waals surface area contributed by atoms with E-state index in [0.29, 0.717) is 13.2 Å². The fraction of sp³-hybridized carbons (Fsp3) is 0.562. The van der Waals surface area contributed by atoms with Crippen molar-refractivity contribution in [3.8, 4) is 0 Å². The van der Waals surface area contributed by atoms with Crippen LogP contribution in [0.15, 0.2) is 30.3 Å². The van der Waals surface area contributed by atoms with Gasteiger partial charge >= 0.3 is 5.97 Å². The predicted octanol–water partition coefficient (Wildman–Crippen LogP) is 2.00. The smallest absolute Gasteiger partial charge is 0.320 e. The fourth-order valence-corrected chi connectivity index (χ4v) is 2.74. The second-order valence-electron chi connectivity index (χ2n) is 5.27. The number of hydrogen-bond acceptors (Lipinski definition) is 4. The highest BCUT2D eigenvalue weighted by Gasteiger charge is 2.27. The first-order valence-electron chi connectivity index (χ1n) is 7.31. The zero-order chi connectivity index (χ0) is 14.4. The molecular weight excluding hydrogens is 254 g/mol. The van der Waals surface area contributed by atoms with Gasteiger partial charge in [-0.3, -0.25) is 9.69 Å². The summed E-state index contributed by atoms with van der Waals surface area (Å²) in [5.41, 5.74) is 0.983. The van der Waals surface area contributed by atoms with Crippen LogP contribution in [0.4, 0.5) is 0 Å². The van der Waals surface area contributed by atoms with E-state index in [1.807, 2.05) is 37.3 Å². The summed E-state index contributed by atoms with van der Waals surface area (Å²) in [7, 11) is 0. The maximum absolute atomic E-state index is 11.4. The SMILES string of the molecule is CCOC(=O)CN1CCC(C(O)c2ccccc2)CC1. The average molecular weight is 277 g/mol. The van der Waals surface area contributed by atoms with E-state index in [1.165, 1.54) is 0 Å². The van der Waals surface area contributed by atoms with Crippen LogP contribution in [0.25, 0.3) is 0 Å². The highest BCUT2D eigenvalue weighted by Crippen LogP contribution is 2.30. The summed E-state index contributed by atoms with van der Waals surface area (Å²) >= 11 is 0. The molecule has 0 bridgehead atoms. The van der Waals surface area contributed by atoms with Gasteiger partial charge in [-0.1, -0.05) is 30.3 Å². The lowest BCUT2D eigenvalue weighted by Gasteiger charge is -2.33. The van der Waals surface area contributed by atoms with Gasteiger partial charge in [0.15, 0.2) is 0 Å². The maximum atomic E-state index is 11.4. The number of esters is 1. The van der Waals surface area contributed by atoms with Crippen molar-refractivity contribution >= 4 is 5.97 Å². The second-order valence-corrected chi connectivity index (χ2v) is 5.27. The molecule has 1 aliphatic rings. The summed E-state index contributed by atoms with van der Waals surface area (Å²) in [5.74, 6) is 0.116. The summed E-state index contributed by atoms with van der Waals surface area (Å²) in [6, 6.07) is 9.80. The molecule has 0 amide bonds. The molecule has 1 saturated heterocycles. The third kappa shape index (κ3) is 4.05. The number of likely N-dealkylation sites (tertiary alicyclic amines) is 1. The van der Waals surface area contributed by atoms with E-state index in [4.69, 9.17) is 4.74 Å². The molecule has 0 saturated carbocycles. The fourth-order valence-electron chi connectivity index (χ4n) is 2.74. The lowest BCUT2D eigenvalue weighted by Crippen LogP contribution is -2.39. The van der Waals surface area contributed by atoms with Crippen LogP contribution in [0, 0.1) is 5.92 Å². The van der Waals surface area contributed by atoms with E-state index < -0.39 is 6.10 Å². The number of hydrogen-bond donors (Lipinski definition) is 1. The van der Waals surface area contributed by atoms with E-state index in [2.05, 4.69) is 4.90 Å². The molecule has 1 aromatic rings. The second kappa shape index (κ2) is 7.41. The minimum Gasteiger partial charge on any atom is -0.465 e. The van der Waals surface area contributed by atoms with E-state index in [-0.39, 0.29) is 11.9 Å². The number of piperidine rings is 1. The number of benzene rings is 1. The summed E-state index contributed by atoms with van der Waals surface area (Å²) in [4.78, 5) is 13.5. The minimum absolute atomic E-state index is 0.158. The van der Waals surface area contributed by atoms with Crippen molar-refractivity contribution in [2.24, 2.45) is 5.92 Å². The van der Waals surface area contributed by atoms with Crippen molar-refractivity contribution in [2.45, 2.75) is 25.9 Å². The third-order valence-corrected chi connectivity index (χ3v) is 3.88. The first kappa shape index (κ1) is 15.0. The van der Waals surface area contributed by atoms with Crippen molar-refractivity contribution in [3.63, 3.8) is 0 Å². The summed E-state index contributed by atoms with van der Waals surface area (Å²) < 4.78 is 4.96. The van der Waals surface area contributed by atoms with Gasteiger partial charge in [-0.15, -0.1) is 0 Å². The van der Waals surface area contributed by atoms with Gasteiger partial charge in [-0.05, 0) is 44.3 Å². The Morgan fingerprint density at radius 1 is 1.35 bits per heavy atom. The Morgan fingerprint density at radius 2 is 2.00 bits per heavy atom. The molecule has 4 heteroatoms. The molecule has 1 N–H and O–H groups in total. The van der Waals surface area contributed by atoms with E-state index >= 15 is 0 Å². The van der Waals surface area contributed by atoms with Gasteiger partial charge in [0.25, 0.3) is 0 Å². The Balaban J connectivity index is 1.81. The quantitative estimate of drug-likeness (QED) is 0.836. The van der Waals surface area contributed by atoms with Gasteiger partial charge in [0.1, 0.15) is 0 Å². The molecule has 1 aliphatic heterocycles. The van der Waals surface area contributed by atoms with Gasteiger partial charge in [-0.25, -0.2) is 0 Å². The molecule has 1 atom stereocenters. The van der Waals surface area contributed by atoms with Crippen LogP contribution in [0.1, 0.15) is 31.4 Å². The van der Waals surface area contributed by atoms with Crippen molar-refractivity contribution in [1.29, 1.82) is 0 Å². The van der Waals surface area contributed by atoms with Crippen LogP contribution in [-0.2, 0) is 9.53 Å². The lowest BCUT2D eigenvalue weighted by molar-refractivity contribution is -0.144. The number of nitrogens with zero attached hydrogens (tertiary/aromatic N) is 1. The van der Waals surface area contributed by atoms with Crippen LogP contribution in [0.5, 0.6) is 0 Å². The Hall–Kier alpha value is -1.39. The molecule has 20 heavy (non-hydrogen) atoms. The highest BCUT2D eigenvalue weighted by molar-refractivity contribution is 5.71. The van der Waals surface area contributed by atoms with Gasteiger partial charge in [0.05, 0.1) is 19.3 Å². The summed E-state index contributed by atoms with van der Waals surface area (Å²) in [6.45, 7) is 4.30. The van der Waals surface area contributed by atoms with E-state index in [9.17, 15) is 9.90 Å². The number of aliphatic hydroxyl groups excluding tert-OH is 1. The van der Waals surface area contributed by atoms with Gasteiger partial charge in [0.2, 0.25) is 0 Å². The molecule has 1 fully saturated rings. The molecule has 0 aliphatic carbocycles. The van der Waals surface area contributed by atoms with E-state index in [1.54, 1.807) is 0 Å². The molecule has 0 radical (unpaired) electrons. The van der Waals surface area contributed by atoms with Crippen molar-refractivity contribution in [1.82, 2.24) is 4.90 Å². The average Bonchev–Trinajstić information content (AvgIpc) is 2.48. The van der Waals surface area contributed by atoms with Crippen molar-refractivity contribution in [3.05, 3.63) is 35.9 Å². The zero-order valence-corrected chi connectivity index (χ0v) is 12.0. The molecule has 0 aromatic heterocycles. The van der Waals surface area contributed by atoms with Crippen LogP contribution in [0.2, 0.25) is 0 Å². The first-order chi connectivity index (χ1) is 9.70. The zero-order valence-electron chi connectivity index (χ0n) is 12.0. The van der Waals surface area contributed by atoms with Crippen LogP contribution >= 0.6 is 0 Å². The maximum Gasteiger partial charge on any atom is 0.320 e. The largest absolute Gasteiger partial charge is 0.465 e. The number of carbonyl (C=O) groups is 1. The van der Waals surface area contributed by atoms with Crippen LogP contribution < -0.4 is 0 Å². The number of carbonyl (C=O) groups excluding carboxylic acids is 1. The van der Waals surface area contributed by atoms with Crippen LogP contribution in [0.3, 0.4) is 0 Å². The Bertz CT molecular complexity index is 413. The number of rotatable bonds is 5. The third-order valence-electron chi connectivity index (χ3n) is 3.88. The molecule has 0 spiro atoms. The molecule has 110 valence electrons. The lowest BCUT2D eigenvalue weighted by atomic mass is 9.87. The van der Waals surface area contributed by atoms with Crippen molar-refractivity contribution < 1.29 is 14.6 Å². The standard InChI is InChI=1S/C16H23NO3/c1-2-20-15(18)12-17-10-8-14(9-11-17)16(19)13-6-4-3-5-7-13/h3-7,14,16,19H,2,8-12H2,1H3. The Morgan fingerprint density at radius 3 is 2.60 bits per heavy atom. The summed E-state index contributed by atoms with van der Waals surface area (Å²) in [6.07, 6.45) is 1.42. The number of ether oxygens (including phenoxy) is 1. The van der Waals surface area contributed by atoms with Gasteiger partial charge < -0.3 is 9.84 Å². The highest BCUT2D eigenvalue weighted by atomic mass is 16.5. The predicted molar refractivity (Wildman–Crippen MR) is 77.2 cm³/mol. The van der Waals surface area contributed by atoms with Crippen molar-refractivity contribution in [2.75, 3.05) is 26.2 Å². The molecule has 2 rings (SSSR count). The molecule has 1 aromatic carbocycles. The number of aliphatic hydroxyl groups is 1. The van der Waals surface area contributed by atoms with E-state index in [0.717, 1.165) is 31.5 Å². The normalized spacial score (nSPS) is 18.7. The molecule has 4 nitrogen and oxygen atoms in total. The Kier molecular flexibility index (Phi) is 5.56.